The Hall–Kier alpha value is -4.32. The van der Waals surface area contributed by atoms with Gasteiger partial charge in [-0.05, 0) is 67.0 Å². The van der Waals surface area contributed by atoms with Gasteiger partial charge in [-0.2, -0.15) is 0 Å². The molecule has 6 rings (SSSR count). The van der Waals surface area contributed by atoms with Gasteiger partial charge in [0, 0.05) is 48.7 Å². The van der Waals surface area contributed by atoms with E-state index in [1.165, 1.54) is 7.11 Å². The van der Waals surface area contributed by atoms with Gasteiger partial charge < -0.3 is 20.3 Å². The molecule has 0 radical (unpaired) electrons. The number of carbonyl (C=O) groups is 4. The van der Waals surface area contributed by atoms with Crippen LogP contribution in [0.15, 0.2) is 36.4 Å². The van der Waals surface area contributed by atoms with E-state index in [-0.39, 0.29) is 35.5 Å². The number of rotatable bonds is 3. The van der Waals surface area contributed by atoms with Crippen molar-refractivity contribution >= 4 is 29.3 Å². The average molecular weight is 527 g/mol. The largest absolute Gasteiger partial charge is 0.495 e. The van der Waals surface area contributed by atoms with Crippen LogP contribution in [0.25, 0.3) is 0 Å². The molecule has 0 bridgehead atoms. The molecule has 2 aromatic carbocycles. The van der Waals surface area contributed by atoms with Gasteiger partial charge in [0.1, 0.15) is 11.8 Å². The van der Waals surface area contributed by atoms with E-state index in [2.05, 4.69) is 17.2 Å². The molecule has 200 valence electrons. The summed E-state index contributed by atoms with van der Waals surface area (Å²) >= 11 is 0. The zero-order chi connectivity index (χ0) is 27.3. The van der Waals surface area contributed by atoms with Gasteiger partial charge in [-0.3, -0.25) is 24.5 Å². The maximum absolute atomic E-state index is 13.1. The van der Waals surface area contributed by atoms with E-state index < -0.39 is 11.9 Å². The molecule has 4 aliphatic rings. The van der Waals surface area contributed by atoms with Gasteiger partial charge in [0.25, 0.3) is 11.8 Å². The van der Waals surface area contributed by atoms with Crippen molar-refractivity contribution in [1.29, 1.82) is 0 Å². The molecule has 1 saturated carbocycles. The second kappa shape index (κ2) is 9.45. The molecule has 2 atom stereocenters. The molecule has 9 nitrogen and oxygen atoms in total. The van der Waals surface area contributed by atoms with E-state index in [1.54, 1.807) is 29.2 Å². The third-order valence-corrected chi connectivity index (χ3v) is 8.68. The summed E-state index contributed by atoms with van der Waals surface area (Å²) in [4.78, 5) is 53.5. The number of nitrogens with two attached hydrogens (primary N) is 1. The molecule has 0 aromatic heterocycles. The van der Waals surface area contributed by atoms with Crippen LogP contribution < -0.4 is 15.8 Å². The molecule has 3 aliphatic heterocycles. The standard InChI is InChI=1S/C30H30N4O5/c1-39-25-15-19(6-8-23(25)31)28(37)33-13-11-30(12-14-33)16-20(30)7-5-18-3-2-4-21-22(18)17-34(29(21)38)24-9-10-26(35)32-27(24)36/h2-4,6,8,15,20,24H,9-14,16-17,31H2,1H3,(H,32,35,36)/t20-,24-/m0/s1. The zero-order valence-corrected chi connectivity index (χ0v) is 21.8. The lowest BCUT2D eigenvalue weighted by Crippen LogP contribution is -2.52. The lowest BCUT2D eigenvalue weighted by Gasteiger charge is -2.32. The Labute approximate surface area is 226 Å². The number of methoxy groups -OCH3 is 1. The number of benzene rings is 2. The van der Waals surface area contributed by atoms with Gasteiger partial charge in [0.2, 0.25) is 11.8 Å². The summed E-state index contributed by atoms with van der Waals surface area (Å²) in [5.74, 6) is 6.61. The summed E-state index contributed by atoms with van der Waals surface area (Å²) in [7, 11) is 1.54. The second-order valence-corrected chi connectivity index (χ2v) is 10.9. The van der Waals surface area contributed by atoms with Crippen LogP contribution in [0.3, 0.4) is 0 Å². The van der Waals surface area contributed by atoms with Gasteiger partial charge in [-0.25, -0.2) is 0 Å². The summed E-state index contributed by atoms with van der Waals surface area (Å²) in [6.07, 6.45) is 3.37. The first kappa shape index (κ1) is 25.0. The Bertz CT molecular complexity index is 1460. The topological polar surface area (TPSA) is 122 Å². The summed E-state index contributed by atoms with van der Waals surface area (Å²) in [6, 6.07) is 10.0. The summed E-state index contributed by atoms with van der Waals surface area (Å²) in [5.41, 5.74) is 9.32. The molecule has 3 fully saturated rings. The fourth-order valence-corrected chi connectivity index (χ4v) is 6.15. The molecule has 1 spiro atoms. The van der Waals surface area contributed by atoms with Gasteiger partial charge >= 0.3 is 0 Å². The highest BCUT2D eigenvalue weighted by molar-refractivity contribution is 6.05. The number of hydrogen-bond acceptors (Lipinski definition) is 6. The van der Waals surface area contributed by atoms with Crippen LogP contribution in [0.5, 0.6) is 5.75 Å². The molecule has 3 N–H and O–H groups in total. The molecule has 2 aromatic rings. The maximum Gasteiger partial charge on any atom is 0.255 e. The van der Waals surface area contributed by atoms with Gasteiger partial charge in [-0.15, -0.1) is 0 Å². The van der Waals surface area contributed by atoms with Crippen molar-refractivity contribution in [2.75, 3.05) is 25.9 Å². The summed E-state index contributed by atoms with van der Waals surface area (Å²) < 4.78 is 5.26. The van der Waals surface area contributed by atoms with Crippen molar-refractivity contribution in [2.45, 2.75) is 44.7 Å². The van der Waals surface area contributed by atoms with Crippen LogP contribution in [0.4, 0.5) is 5.69 Å². The second-order valence-electron chi connectivity index (χ2n) is 10.9. The lowest BCUT2D eigenvalue weighted by atomic mass is 9.90. The number of nitrogens with zero attached hydrogens (tertiary/aromatic N) is 2. The maximum atomic E-state index is 13.1. The number of ether oxygens (including phenoxy) is 1. The van der Waals surface area contributed by atoms with E-state index in [4.69, 9.17) is 10.5 Å². The number of nitrogen functional groups attached to an aromatic ring is 1. The van der Waals surface area contributed by atoms with E-state index in [1.807, 2.05) is 17.0 Å². The predicted molar refractivity (Wildman–Crippen MR) is 142 cm³/mol. The first-order valence-electron chi connectivity index (χ1n) is 13.3. The number of carbonyl (C=O) groups excluding carboxylic acids is 4. The van der Waals surface area contributed by atoms with Gasteiger partial charge in [-0.1, -0.05) is 17.9 Å². The number of nitrogens with one attached hydrogen (secondary N) is 1. The molecular formula is C30H30N4O5. The molecule has 4 amide bonds. The molecule has 0 unspecified atom stereocenters. The molecule has 3 heterocycles. The zero-order valence-electron chi connectivity index (χ0n) is 21.8. The SMILES string of the molecule is COc1cc(C(=O)N2CCC3(CC2)C[C@@H]3C#Cc2cccc3c2CN([C@H]2CCC(=O)NC2=O)C3=O)ccc1N. The highest BCUT2D eigenvalue weighted by atomic mass is 16.5. The van der Waals surface area contributed by atoms with Gasteiger partial charge in [0.15, 0.2) is 0 Å². The van der Waals surface area contributed by atoms with Crippen LogP contribution in [0.1, 0.15) is 63.9 Å². The number of fused-ring (bicyclic) bond motifs is 1. The molecule has 1 aliphatic carbocycles. The Morgan fingerprint density at radius 1 is 1.15 bits per heavy atom. The van der Waals surface area contributed by atoms with Crippen molar-refractivity contribution in [2.24, 2.45) is 11.3 Å². The Morgan fingerprint density at radius 2 is 1.95 bits per heavy atom. The fourth-order valence-electron chi connectivity index (χ4n) is 6.15. The van der Waals surface area contributed by atoms with Crippen LogP contribution >= 0.6 is 0 Å². The number of imide groups is 1. The molecule has 2 saturated heterocycles. The number of amides is 4. The van der Waals surface area contributed by atoms with E-state index >= 15 is 0 Å². The van der Waals surface area contributed by atoms with E-state index in [9.17, 15) is 19.2 Å². The fraction of sp³-hybridized carbons (Fsp3) is 0.400. The number of hydrogen-bond donors (Lipinski definition) is 2. The van der Waals surface area contributed by atoms with Crippen LogP contribution in [-0.4, -0.2) is 59.7 Å². The van der Waals surface area contributed by atoms with Crippen molar-refractivity contribution in [3.05, 3.63) is 58.7 Å². The van der Waals surface area contributed by atoms with Crippen molar-refractivity contribution in [3.8, 4) is 17.6 Å². The summed E-state index contributed by atoms with van der Waals surface area (Å²) in [5, 5.41) is 2.34. The quantitative estimate of drug-likeness (QED) is 0.360. The highest BCUT2D eigenvalue weighted by Gasteiger charge is 2.54. The Kier molecular flexibility index (Phi) is 6.06. The minimum absolute atomic E-state index is 0.0171. The van der Waals surface area contributed by atoms with Crippen molar-refractivity contribution in [1.82, 2.24) is 15.1 Å². The minimum Gasteiger partial charge on any atom is -0.495 e. The lowest BCUT2D eigenvalue weighted by molar-refractivity contribution is -0.136. The number of likely N-dealkylation sites (tertiary alicyclic amines) is 1. The van der Waals surface area contributed by atoms with Gasteiger partial charge in [0.05, 0.1) is 12.8 Å². The number of anilines is 1. The van der Waals surface area contributed by atoms with Crippen molar-refractivity contribution in [3.63, 3.8) is 0 Å². The normalized spacial score (nSPS) is 23.2. The first-order valence-corrected chi connectivity index (χ1v) is 13.3. The highest BCUT2D eigenvalue weighted by Crippen LogP contribution is 2.59. The Morgan fingerprint density at radius 3 is 2.69 bits per heavy atom. The molecule has 39 heavy (non-hydrogen) atoms. The third kappa shape index (κ3) is 4.40. The third-order valence-electron chi connectivity index (χ3n) is 8.68. The average Bonchev–Trinajstić information content (AvgIpc) is 3.50. The van der Waals surface area contributed by atoms with Crippen LogP contribution in [0.2, 0.25) is 0 Å². The van der Waals surface area contributed by atoms with E-state index in [0.717, 1.165) is 30.4 Å². The predicted octanol–water partition coefficient (Wildman–Crippen LogP) is 2.33. The monoisotopic (exact) mass is 526 g/mol. The minimum atomic E-state index is -0.641. The smallest absolute Gasteiger partial charge is 0.255 e. The Balaban J connectivity index is 1.11. The molecular weight excluding hydrogens is 496 g/mol. The van der Waals surface area contributed by atoms with Crippen molar-refractivity contribution < 1.29 is 23.9 Å². The van der Waals surface area contributed by atoms with E-state index in [0.29, 0.717) is 48.6 Å². The van der Waals surface area contributed by atoms with Crippen LogP contribution in [0, 0.1) is 23.2 Å². The summed E-state index contributed by atoms with van der Waals surface area (Å²) in [6.45, 7) is 1.67. The first-order chi connectivity index (χ1) is 18.8. The number of piperidine rings is 2. The molecule has 9 heteroatoms. The van der Waals surface area contributed by atoms with Crippen LogP contribution in [-0.2, 0) is 16.1 Å².